The summed E-state index contributed by atoms with van der Waals surface area (Å²) in [6, 6.07) is 4.11. The Morgan fingerprint density at radius 2 is 2.00 bits per heavy atom. The van der Waals surface area contributed by atoms with Gasteiger partial charge < -0.3 is 9.16 Å². The van der Waals surface area contributed by atoms with Crippen LogP contribution in [0.2, 0.25) is 19.6 Å². The fraction of sp³-hybridized carbons (Fsp3) is 0.417. The Hall–Kier alpha value is -1.38. The molecule has 0 bridgehead atoms. The van der Waals surface area contributed by atoms with Crippen molar-refractivity contribution in [2.75, 3.05) is 7.11 Å². The molecule has 0 heterocycles. The van der Waals surface area contributed by atoms with Crippen LogP contribution in [-0.2, 0) is 4.43 Å². The lowest BCUT2D eigenvalue weighted by Crippen LogP contribution is -2.27. The van der Waals surface area contributed by atoms with Crippen molar-refractivity contribution >= 4 is 8.32 Å². The minimum Gasteiger partial charge on any atom is -0.496 e. The zero-order valence-electron chi connectivity index (χ0n) is 10.5. The Bertz CT molecular complexity index is 437. The summed E-state index contributed by atoms with van der Waals surface area (Å²) in [5.41, 5.74) is 0.449. The van der Waals surface area contributed by atoms with Gasteiger partial charge in [0.2, 0.25) is 0 Å². The van der Waals surface area contributed by atoms with Crippen molar-refractivity contribution in [3.05, 3.63) is 41.0 Å². The zero-order chi connectivity index (χ0) is 13.1. The van der Waals surface area contributed by atoms with E-state index in [4.69, 9.17) is 15.7 Å². The molecule has 0 aliphatic rings. The number of halogens is 1. The summed E-state index contributed by atoms with van der Waals surface area (Å²) in [6.07, 6.45) is -0.799. The molecule has 0 aromatic heterocycles. The maximum Gasteiger partial charge on any atom is 0.349 e. The van der Waals surface area contributed by atoms with Gasteiger partial charge in [0, 0.05) is 0 Å². The Balaban J connectivity index is 3.11. The molecular weight excluding hydrogens is 237 g/mol. The number of rotatable bonds is 4. The van der Waals surface area contributed by atoms with E-state index in [1.165, 1.54) is 25.3 Å². The van der Waals surface area contributed by atoms with Crippen molar-refractivity contribution in [3.8, 4) is 5.75 Å². The van der Waals surface area contributed by atoms with E-state index >= 15 is 0 Å². The van der Waals surface area contributed by atoms with Gasteiger partial charge in [0.1, 0.15) is 17.1 Å². The molecule has 1 atom stereocenters. The van der Waals surface area contributed by atoms with E-state index in [9.17, 15) is 4.39 Å². The second-order valence-electron chi connectivity index (χ2n) is 4.60. The smallest absolute Gasteiger partial charge is 0.349 e. The summed E-state index contributed by atoms with van der Waals surface area (Å²) in [6.45, 7) is 13.1. The first-order chi connectivity index (χ1) is 7.87. The lowest BCUT2D eigenvalue weighted by atomic mass is 10.1. The number of ether oxygens (including phenoxy) is 1. The monoisotopic (exact) mass is 253 g/mol. The average Bonchev–Trinajstić information content (AvgIpc) is 2.24. The second-order valence-corrected chi connectivity index (χ2v) is 9.06. The van der Waals surface area contributed by atoms with Crippen LogP contribution >= 0.6 is 0 Å². The summed E-state index contributed by atoms with van der Waals surface area (Å²) in [4.78, 5) is 3.41. The van der Waals surface area contributed by atoms with Crippen molar-refractivity contribution in [3.63, 3.8) is 0 Å². The van der Waals surface area contributed by atoms with Crippen LogP contribution in [-0.4, -0.2) is 15.4 Å². The third-order valence-corrected chi connectivity index (χ3v) is 2.97. The molecule has 0 N–H and O–H groups in total. The Morgan fingerprint density at radius 1 is 1.35 bits per heavy atom. The summed E-state index contributed by atoms with van der Waals surface area (Å²) in [7, 11) is -0.377. The molecule has 0 radical (unpaired) electrons. The van der Waals surface area contributed by atoms with E-state index in [0.717, 1.165) is 0 Å². The molecular formula is C12H16FNO2Si. The molecule has 0 amide bonds. The van der Waals surface area contributed by atoms with Gasteiger partial charge >= 0.3 is 6.23 Å². The van der Waals surface area contributed by atoms with Gasteiger partial charge in [-0.1, -0.05) is 0 Å². The molecule has 0 aliphatic carbocycles. The number of hydrogen-bond acceptors (Lipinski definition) is 2. The SMILES string of the molecule is [C-]#[N+]C(O[Si](C)(C)C)c1cc(F)ccc1OC. The first-order valence-corrected chi connectivity index (χ1v) is 8.66. The predicted octanol–water partition coefficient (Wildman–Crippen LogP) is 3.60. The summed E-state index contributed by atoms with van der Waals surface area (Å²) in [5, 5.41) is 0. The lowest BCUT2D eigenvalue weighted by Gasteiger charge is -2.19. The summed E-state index contributed by atoms with van der Waals surface area (Å²) < 4.78 is 24.0. The molecule has 1 aromatic carbocycles. The van der Waals surface area contributed by atoms with Gasteiger partial charge in [-0.15, -0.1) is 0 Å². The summed E-state index contributed by atoms with van der Waals surface area (Å²) in [5.74, 6) is 0.0827. The van der Waals surface area contributed by atoms with Crippen LogP contribution in [0.5, 0.6) is 5.75 Å². The molecule has 92 valence electrons. The fourth-order valence-electron chi connectivity index (χ4n) is 1.39. The van der Waals surface area contributed by atoms with Crippen molar-refractivity contribution in [1.82, 2.24) is 0 Å². The third kappa shape index (κ3) is 3.84. The van der Waals surface area contributed by atoms with Crippen LogP contribution in [0.25, 0.3) is 4.85 Å². The maximum absolute atomic E-state index is 13.2. The topological polar surface area (TPSA) is 22.8 Å². The van der Waals surface area contributed by atoms with Gasteiger partial charge in [-0.05, 0) is 37.8 Å². The highest BCUT2D eigenvalue weighted by Gasteiger charge is 2.29. The maximum atomic E-state index is 13.2. The minimum atomic E-state index is -1.87. The van der Waals surface area contributed by atoms with Gasteiger partial charge in [0.15, 0.2) is 8.32 Å². The number of hydrogen-bond donors (Lipinski definition) is 0. The Morgan fingerprint density at radius 3 is 2.47 bits per heavy atom. The van der Waals surface area contributed by atoms with E-state index in [1.807, 2.05) is 19.6 Å². The van der Waals surface area contributed by atoms with Crippen LogP contribution in [0.15, 0.2) is 18.2 Å². The Kier molecular flexibility index (Phi) is 4.26. The minimum absolute atomic E-state index is 0.395. The number of nitrogens with zero attached hydrogens (tertiary/aromatic N) is 1. The highest BCUT2D eigenvalue weighted by molar-refractivity contribution is 6.69. The number of methoxy groups -OCH3 is 1. The first-order valence-electron chi connectivity index (χ1n) is 5.25. The summed E-state index contributed by atoms with van der Waals surface area (Å²) >= 11 is 0. The second kappa shape index (κ2) is 5.30. The quantitative estimate of drug-likeness (QED) is 0.604. The van der Waals surface area contributed by atoms with Crippen molar-refractivity contribution in [2.45, 2.75) is 25.9 Å². The highest BCUT2D eigenvalue weighted by atomic mass is 28.4. The molecule has 1 rings (SSSR count). The molecule has 1 aromatic rings. The average molecular weight is 253 g/mol. The predicted molar refractivity (Wildman–Crippen MR) is 66.7 cm³/mol. The van der Waals surface area contributed by atoms with Gasteiger partial charge in [0.25, 0.3) is 0 Å². The highest BCUT2D eigenvalue weighted by Crippen LogP contribution is 2.31. The lowest BCUT2D eigenvalue weighted by molar-refractivity contribution is 0.238. The standard InChI is InChI=1S/C12H16FNO2Si/c1-14-12(16-17(3,4)5)10-8-9(13)6-7-11(10)15-2/h6-8,12H,2-5H3. The molecule has 17 heavy (non-hydrogen) atoms. The first kappa shape index (κ1) is 13.7. The van der Waals surface area contributed by atoms with Crippen LogP contribution in [0, 0.1) is 12.4 Å². The van der Waals surface area contributed by atoms with Crippen LogP contribution in [0.3, 0.4) is 0 Å². The van der Waals surface area contributed by atoms with Crippen molar-refractivity contribution < 1.29 is 13.6 Å². The number of benzene rings is 1. The fourth-order valence-corrected chi connectivity index (χ4v) is 2.24. The largest absolute Gasteiger partial charge is 0.496 e. The van der Waals surface area contributed by atoms with Gasteiger partial charge in [-0.3, -0.25) is 4.85 Å². The normalized spacial score (nSPS) is 12.9. The van der Waals surface area contributed by atoms with E-state index in [2.05, 4.69) is 4.85 Å². The molecule has 0 aliphatic heterocycles. The molecule has 5 heteroatoms. The molecule has 0 saturated carbocycles. The van der Waals surface area contributed by atoms with Gasteiger partial charge in [0.05, 0.1) is 7.11 Å². The third-order valence-electron chi connectivity index (χ3n) is 2.04. The molecule has 0 saturated heterocycles. The Labute approximate surface area is 102 Å². The molecule has 3 nitrogen and oxygen atoms in total. The molecule has 0 spiro atoms. The van der Waals surface area contributed by atoms with Crippen LogP contribution in [0.4, 0.5) is 4.39 Å². The van der Waals surface area contributed by atoms with Gasteiger partial charge in [-0.2, -0.15) is 0 Å². The van der Waals surface area contributed by atoms with Crippen molar-refractivity contribution in [1.29, 1.82) is 0 Å². The van der Waals surface area contributed by atoms with E-state index in [-0.39, 0.29) is 0 Å². The zero-order valence-corrected chi connectivity index (χ0v) is 11.5. The molecule has 1 unspecified atom stereocenters. The van der Waals surface area contributed by atoms with Gasteiger partial charge in [-0.25, -0.2) is 11.0 Å². The van der Waals surface area contributed by atoms with E-state index in [0.29, 0.717) is 11.3 Å². The van der Waals surface area contributed by atoms with Crippen LogP contribution < -0.4 is 4.74 Å². The van der Waals surface area contributed by atoms with Crippen molar-refractivity contribution in [2.24, 2.45) is 0 Å². The van der Waals surface area contributed by atoms with E-state index < -0.39 is 20.4 Å². The van der Waals surface area contributed by atoms with Crippen LogP contribution in [0.1, 0.15) is 11.8 Å². The molecule has 0 fully saturated rings. The van der Waals surface area contributed by atoms with E-state index in [1.54, 1.807) is 0 Å².